The normalized spacial score (nSPS) is 14.6. The van der Waals surface area contributed by atoms with Gasteiger partial charge in [0.15, 0.2) is 23.1 Å². The average molecular weight is 659 g/mol. The molecule has 8 aromatic rings. The summed E-state index contributed by atoms with van der Waals surface area (Å²) >= 11 is 0. The highest BCUT2D eigenvalue weighted by atomic mass is 16.3. The van der Waals surface area contributed by atoms with Crippen LogP contribution in [0.2, 0.25) is 0 Å². The van der Waals surface area contributed by atoms with Crippen molar-refractivity contribution in [3.8, 4) is 67.9 Å². The third kappa shape index (κ3) is 4.47. The first kappa shape index (κ1) is 29.7. The summed E-state index contributed by atoms with van der Waals surface area (Å²) in [7, 11) is 0. The number of benzene rings is 6. The number of fused-ring (bicyclic) bond motifs is 7. The van der Waals surface area contributed by atoms with Crippen molar-refractivity contribution in [2.75, 3.05) is 0 Å². The molecule has 6 aromatic carbocycles. The van der Waals surface area contributed by atoms with E-state index in [4.69, 9.17) is 24.4 Å². The zero-order valence-electron chi connectivity index (χ0n) is 28.9. The molecule has 2 aliphatic carbocycles. The second kappa shape index (κ2) is 10.6. The standard InChI is InChI=1S/C46H34N4O/c1-45(2)35-13-7-5-11-31(35)33-23-21-29(25-37(33)45)42-48-41(27-17-19-28(20-18-27)44-47-39-15-9-10-16-40(39)51-44)49-43(50-42)30-22-24-34-32-12-6-8-14-36(32)46(3,4)38(34)26-30/h5-26H,1-4H3. The fourth-order valence-electron chi connectivity index (χ4n) is 8.21. The van der Waals surface area contributed by atoms with Crippen molar-refractivity contribution in [2.45, 2.75) is 38.5 Å². The van der Waals surface area contributed by atoms with Crippen molar-refractivity contribution < 1.29 is 4.42 Å². The second-order valence-corrected chi connectivity index (χ2v) is 14.7. The van der Waals surface area contributed by atoms with Gasteiger partial charge < -0.3 is 4.42 Å². The third-order valence-electron chi connectivity index (χ3n) is 11.0. The molecular formula is C46H34N4O. The van der Waals surface area contributed by atoms with Crippen LogP contribution in [0.1, 0.15) is 49.9 Å². The van der Waals surface area contributed by atoms with E-state index >= 15 is 0 Å². The van der Waals surface area contributed by atoms with Crippen LogP contribution >= 0.6 is 0 Å². The molecular weight excluding hydrogens is 625 g/mol. The maximum Gasteiger partial charge on any atom is 0.227 e. The lowest BCUT2D eigenvalue weighted by Crippen LogP contribution is -2.15. The highest BCUT2D eigenvalue weighted by molar-refractivity contribution is 5.85. The minimum atomic E-state index is -0.137. The highest BCUT2D eigenvalue weighted by Crippen LogP contribution is 2.51. The van der Waals surface area contributed by atoms with Crippen LogP contribution in [0.3, 0.4) is 0 Å². The fourth-order valence-corrected chi connectivity index (χ4v) is 8.21. The predicted octanol–water partition coefficient (Wildman–Crippen LogP) is 11.3. The van der Waals surface area contributed by atoms with E-state index in [0.29, 0.717) is 23.4 Å². The summed E-state index contributed by atoms with van der Waals surface area (Å²) in [6.07, 6.45) is 0. The molecule has 0 radical (unpaired) electrons. The third-order valence-corrected chi connectivity index (χ3v) is 11.0. The summed E-state index contributed by atoms with van der Waals surface area (Å²) in [4.78, 5) is 20.1. The Balaban J connectivity index is 1.11. The predicted molar refractivity (Wildman–Crippen MR) is 204 cm³/mol. The number of rotatable bonds is 4. The van der Waals surface area contributed by atoms with Gasteiger partial charge >= 0.3 is 0 Å². The largest absolute Gasteiger partial charge is 0.436 e. The topological polar surface area (TPSA) is 64.7 Å². The van der Waals surface area contributed by atoms with Gasteiger partial charge in [-0.15, -0.1) is 0 Å². The minimum Gasteiger partial charge on any atom is -0.436 e. The average Bonchev–Trinajstić information content (AvgIpc) is 3.78. The van der Waals surface area contributed by atoms with Crippen molar-refractivity contribution in [1.82, 2.24) is 19.9 Å². The van der Waals surface area contributed by atoms with E-state index in [0.717, 1.165) is 33.4 Å². The molecule has 5 heteroatoms. The van der Waals surface area contributed by atoms with Gasteiger partial charge in [0, 0.05) is 33.1 Å². The number of hydrogen-bond acceptors (Lipinski definition) is 5. The molecule has 51 heavy (non-hydrogen) atoms. The number of para-hydroxylation sites is 2. The number of nitrogens with zero attached hydrogens (tertiary/aromatic N) is 4. The lowest BCUT2D eigenvalue weighted by molar-refractivity contribution is 0.620. The van der Waals surface area contributed by atoms with E-state index in [2.05, 4.69) is 113 Å². The molecule has 0 spiro atoms. The summed E-state index contributed by atoms with van der Waals surface area (Å²) in [5.74, 6) is 2.50. The molecule has 2 aromatic heterocycles. The summed E-state index contributed by atoms with van der Waals surface area (Å²) < 4.78 is 6.05. The smallest absolute Gasteiger partial charge is 0.227 e. The Hall–Kier alpha value is -6.20. The Morgan fingerprint density at radius 2 is 0.824 bits per heavy atom. The molecule has 10 rings (SSSR count). The number of aromatic nitrogens is 4. The van der Waals surface area contributed by atoms with E-state index in [1.807, 2.05) is 48.5 Å². The monoisotopic (exact) mass is 658 g/mol. The zero-order valence-corrected chi connectivity index (χ0v) is 28.9. The molecule has 0 saturated heterocycles. The summed E-state index contributed by atoms with van der Waals surface area (Å²) in [6.45, 7) is 9.20. The molecule has 0 aliphatic heterocycles. The highest BCUT2D eigenvalue weighted by Gasteiger charge is 2.37. The Bertz CT molecular complexity index is 2540. The Morgan fingerprint density at radius 3 is 1.37 bits per heavy atom. The maximum atomic E-state index is 6.05. The lowest BCUT2D eigenvalue weighted by Gasteiger charge is -2.22. The van der Waals surface area contributed by atoms with E-state index in [9.17, 15) is 0 Å². The van der Waals surface area contributed by atoms with Gasteiger partial charge in [-0.3, -0.25) is 0 Å². The summed E-state index contributed by atoms with van der Waals surface area (Å²) in [5.41, 5.74) is 15.4. The quantitative estimate of drug-likeness (QED) is 0.188. The number of hydrogen-bond donors (Lipinski definition) is 0. The van der Waals surface area contributed by atoms with Crippen LogP contribution in [-0.4, -0.2) is 19.9 Å². The molecule has 2 heterocycles. The van der Waals surface area contributed by atoms with E-state index in [-0.39, 0.29) is 10.8 Å². The molecule has 5 nitrogen and oxygen atoms in total. The van der Waals surface area contributed by atoms with Gasteiger partial charge in [0.2, 0.25) is 5.89 Å². The van der Waals surface area contributed by atoms with Crippen molar-refractivity contribution in [2.24, 2.45) is 0 Å². The SMILES string of the molecule is CC1(C)c2ccccc2-c2ccc(-c3nc(-c4ccc(-c5nc6ccccc6o5)cc4)nc(-c4ccc5c(c4)C(C)(C)c4ccccc4-5)n3)cc21. The fraction of sp³-hybridized carbons (Fsp3) is 0.130. The molecule has 0 N–H and O–H groups in total. The van der Waals surface area contributed by atoms with Crippen LogP contribution in [0, 0.1) is 0 Å². The molecule has 0 atom stereocenters. The lowest BCUT2D eigenvalue weighted by atomic mass is 9.82. The Labute approximate surface area is 296 Å². The van der Waals surface area contributed by atoms with Crippen LogP contribution in [-0.2, 0) is 10.8 Å². The molecule has 0 saturated carbocycles. The molecule has 0 unspecified atom stereocenters. The Kier molecular flexibility index (Phi) is 6.20. The van der Waals surface area contributed by atoms with Crippen molar-refractivity contribution in [3.05, 3.63) is 156 Å². The summed E-state index contributed by atoms with van der Waals surface area (Å²) in [6, 6.07) is 46.7. The molecule has 0 bridgehead atoms. The first-order valence-corrected chi connectivity index (χ1v) is 17.5. The van der Waals surface area contributed by atoms with Gasteiger partial charge in [-0.05, 0) is 80.9 Å². The van der Waals surface area contributed by atoms with Crippen LogP contribution < -0.4 is 0 Å². The van der Waals surface area contributed by atoms with Gasteiger partial charge in [0.25, 0.3) is 0 Å². The van der Waals surface area contributed by atoms with Crippen LogP contribution in [0.5, 0.6) is 0 Å². The molecule has 2 aliphatic rings. The van der Waals surface area contributed by atoms with E-state index in [1.165, 1.54) is 44.5 Å². The van der Waals surface area contributed by atoms with Gasteiger partial charge in [-0.25, -0.2) is 19.9 Å². The van der Waals surface area contributed by atoms with Crippen molar-refractivity contribution >= 4 is 11.1 Å². The molecule has 0 fully saturated rings. The molecule has 0 amide bonds. The second-order valence-electron chi connectivity index (χ2n) is 14.7. The van der Waals surface area contributed by atoms with Gasteiger partial charge in [0.05, 0.1) is 0 Å². The first-order valence-electron chi connectivity index (χ1n) is 17.5. The van der Waals surface area contributed by atoms with E-state index in [1.54, 1.807) is 0 Å². The van der Waals surface area contributed by atoms with E-state index < -0.39 is 0 Å². The number of oxazole rings is 1. The van der Waals surface area contributed by atoms with Crippen LogP contribution in [0.25, 0.3) is 79.0 Å². The van der Waals surface area contributed by atoms with Gasteiger partial charge in [-0.2, -0.15) is 0 Å². The Morgan fingerprint density at radius 1 is 0.392 bits per heavy atom. The minimum absolute atomic E-state index is 0.137. The maximum absolute atomic E-state index is 6.05. The molecule has 244 valence electrons. The van der Waals surface area contributed by atoms with Crippen LogP contribution in [0.15, 0.2) is 138 Å². The van der Waals surface area contributed by atoms with Crippen LogP contribution in [0.4, 0.5) is 0 Å². The van der Waals surface area contributed by atoms with Gasteiger partial charge in [0.1, 0.15) is 5.52 Å². The van der Waals surface area contributed by atoms with Gasteiger partial charge in [-0.1, -0.05) is 125 Å². The first-order chi connectivity index (χ1) is 24.8. The van der Waals surface area contributed by atoms with Crippen molar-refractivity contribution in [3.63, 3.8) is 0 Å². The summed E-state index contributed by atoms with van der Waals surface area (Å²) in [5, 5.41) is 0. The zero-order chi connectivity index (χ0) is 34.5. The van der Waals surface area contributed by atoms with Crippen molar-refractivity contribution in [1.29, 1.82) is 0 Å².